The second-order valence-corrected chi connectivity index (χ2v) is 9.53. The van der Waals surface area contributed by atoms with Gasteiger partial charge in [-0.1, -0.05) is 41.9 Å². The largest absolute Gasteiger partial charge is 0.336 e. The predicted octanol–water partition coefficient (Wildman–Crippen LogP) is 3.35. The van der Waals surface area contributed by atoms with Gasteiger partial charge in [0.05, 0.1) is 16.3 Å². The molecule has 1 saturated heterocycles. The lowest BCUT2D eigenvalue weighted by atomic mass is 10.2. The first-order valence-electron chi connectivity index (χ1n) is 8.55. The molecule has 0 radical (unpaired) electrons. The molecule has 0 bridgehead atoms. The van der Waals surface area contributed by atoms with Gasteiger partial charge >= 0.3 is 0 Å². The minimum atomic E-state index is -3.40. The van der Waals surface area contributed by atoms with E-state index in [1.54, 1.807) is 40.9 Å². The molecule has 1 aliphatic heterocycles. The number of benzene rings is 2. The van der Waals surface area contributed by atoms with Crippen LogP contribution in [0.15, 0.2) is 53.4 Å². The Balaban J connectivity index is 1.65. The van der Waals surface area contributed by atoms with Crippen LogP contribution in [0.4, 0.5) is 0 Å². The number of piperazine rings is 1. The maximum Gasteiger partial charge on any atom is 0.255 e. The summed E-state index contributed by atoms with van der Waals surface area (Å²) in [7, 11) is -3.40. The molecular weight excluding hydrogens is 404 g/mol. The zero-order valence-electron chi connectivity index (χ0n) is 15.0. The minimum absolute atomic E-state index is 0.0244. The molecule has 3 rings (SSSR count). The second kappa shape index (κ2) is 8.65. The van der Waals surface area contributed by atoms with E-state index >= 15 is 0 Å². The average Bonchev–Trinajstić information content (AvgIpc) is 2.68. The Morgan fingerprint density at radius 1 is 1.07 bits per heavy atom. The fraction of sp³-hybridized carbons (Fsp3) is 0.316. The van der Waals surface area contributed by atoms with Crippen LogP contribution in [0.25, 0.3) is 0 Å². The number of nitrogens with zero attached hydrogens (tertiary/aromatic N) is 2. The van der Waals surface area contributed by atoms with Gasteiger partial charge in [0.15, 0.2) is 0 Å². The summed E-state index contributed by atoms with van der Waals surface area (Å²) in [6.45, 7) is 1.29. The van der Waals surface area contributed by atoms with Gasteiger partial charge in [0, 0.05) is 31.1 Å². The number of carbonyl (C=O) groups is 1. The second-order valence-electron chi connectivity index (χ2n) is 6.28. The van der Waals surface area contributed by atoms with Crippen molar-refractivity contribution in [3.8, 4) is 0 Å². The Hall–Kier alpha value is -1.54. The van der Waals surface area contributed by atoms with Gasteiger partial charge in [0.2, 0.25) is 10.0 Å². The molecule has 2 aromatic rings. The molecule has 0 unspecified atom stereocenters. The third-order valence-electron chi connectivity index (χ3n) is 4.52. The zero-order chi connectivity index (χ0) is 19.4. The van der Waals surface area contributed by atoms with Gasteiger partial charge in [-0.3, -0.25) is 4.79 Å². The van der Waals surface area contributed by atoms with Crippen molar-refractivity contribution in [2.45, 2.75) is 10.6 Å². The highest BCUT2D eigenvalue weighted by Crippen LogP contribution is 2.25. The van der Waals surface area contributed by atoms with Gasteiger partial charge in [-0.05, 0) is 30.0 Å². The summed E-state index contributed by atoms with van der Waals surface area (Å²) in [5.41, 5.74) is 1.22. The van der Waals surface area contributed by atoms with Crippen molar-refractivity contribution in [2.75, 3.05) is 32.4 Å². The first kappa shape index (κ1) is 20.2. The molecule has 0 spiro atoms. The van der Waals surface area contributed by atoms with Crippen LogP contribution >= 0.6 is 23.4 Å². The first-order valence-corrected chi connectivity index (χ1v) is 11.8. The lowest BCUT2D eigenvalue weighted by Gasteiger charge is -2.34. The van der Waals surface area contributed by atoms with Crippen molar-refractivity contribution in [3.05, 3.63) is 64.7 Å². The minimum Gasteiger partial charge on any atom is -0.336 e. The quantitative estimate of drug-likeness (QED) is 0.690. The van der Waals surface area contributed by atoms with E-state index in [-0.39, 0.29) is 11.7 Å². The summed E-state index contributed by atoms with van der Waals surface area (Å²) in [6.07, 6.45) is 1.94. The Morgan fingerprint density at radius 2 is 1.74 bits per heavy atom. The van der Waals surface area contributed by atoms with Crippen LogP contribution in [0.1, 0.15) is 15.9 Å². The molecule has 2 aromatic carbocycles. The molecule has 144 valence electrons. The van der Waals surface area contributed by atoms with Crippen molar-refractivity contribution < 1.29 is 13.2 Å². The first-order chi connectivity index (χ1) is 12.9. The van der Waals surface area contributed by atoms with Crippen LogP contribution < -0.4 is 0 Å². The molecule has 8 heteroatoms. The van der Waals surface area contributed by atoms with Crippen molar-refractivity contribution in [1.29, 1.82) is 0 Å². The summed E-state index contributed by atoms with van der Waals surface area (Å²) < 4.78 is 26.7. The smallest absolute Gasteiger partial charge is 0.255 e. The van der Waals surface area contributed by atoms with Gasteiger partial charge < -0.3 is 4.90 Å². The number of amides is 1. The summed E-state index contributed by atoms with van der Waals surface area (Å²) in [6, 6.07) is 14.5. The third-order valence-corrected chi connectivity index (χ3v) is 7.42. The summed E-state index contributed by atoms with van der Waals surface area (Å²) in [5.74, 6) is -0.181. The third kappa shape index (κ3) is 4.85. The van der Waals surface area contributed by atoms with Crippen molar-refractivity contribution in [1.82, 2.24) is 9.21 Å². The van der Waals surface area contributed by atoms with Crippen molar-refractivity contribution in [3.63, 3.8) is 0 Å². The monoisotopic (exact) mass is 424 g/mol. The lowest BCUT2D eigenvalue weighted by Crippen LogP contribution is -2.50. The Morgan fingerprint density at radius 3 is 2.37 bits per heavy atom. The number of carbonyl (C=O) groups excluding carboxylic acids is 1. The highest BCUT2D eigenvalue weighted by atomic mass is 35.5. The molecule has 1 fully saturated rings. The van der Waals surface area contributed by atoms with E-state index in [9.17, 15) is 13.2 Å². The number of rotatable bonds is 5. The molecule has 1 heterocycles. The maximum atomic E-state index is 12.8. The summed E-state index contributed by atoms with van der Waals surface area (Å²) in [4.78, 5) is 15.4. The van der Waals surface area contributed by atoms with E-state index in [2.05, 4.69) is 0 Å². The molecule has 5 nitrogen and oxygen atoms in total. The molecule has 1 aliphatic rings. The number of hydrogen-bond acceptors (Lipinski definition) is 4. The Bertz CT molecular complexity index is 912. The standard InChI is InChI=1S/C19H21ClN2O3S2/c1-26-16-7-8-18(20)17(13-16)19(23)21-9-11-22(12-10-21)27(24,25)14-15-5-3-2-4-6-15/h2-8,13H,9-12,14H2,1H3. The van der Waals surface area contributed by atoms with E-state index in [0.717, 1.165) is 10.5 Å². The molecule has 0 aromatic heterocycles. The van der Waals surface area contributed by atoms with E-state index in [1.807, 2.05) is 30.5 Å². The average molecular weight is 425 g/mol. The van der Waals surface area contributed by atoms with Crippen LogP contribution in [0.5, 0.6) is 0 Å². The Kier molecular flexibility index (Phi) is 6.47. The van der Waals surface area contributed by atoms with Crippen molar-refractivity contribution in [2.24, 2.45) is 0 Å². The van der Waals surface area contributed by atoms with E-state index in [4.69, 9.17) is 11.6 Å². The molecule has 0 atom stereocenters. The van der Waals surface area contributed by atoms with Crippen LogP contribution in [0.2, 0.25) is 5.02 Å². The lowest BCUT2D eigenvalue weighted by molar-refractivity contribution is 0.0697. The number of halogens is 1. The molecular formula is C19H21ClN2O3S2. The highest BCUT2D eigenvalue weighted by Gasteiger charge is 2.30. The molecule has 0 N–H and O–H groups in total. The topological polar surface area (TPSA) is 57.7 Å². The van der Waals surface area contributed by atoms with E-state index < -0.39 is 10.0 Å². The molecule has 0 saturated carbocycles. The summed E-state index contributed by atoms with van der Waals surface area (Å²) >= 11 is 7.74. The SMILES string of the molecule is CSc1ccc(Cl)c(C(=O)N2CCN(S(=O)(=O)Cc3ccccc3)CC2)c1. The fourth-order valence-electron chi connectivity index (χ4n) is 3.01. The predicted molar refractivity (Wildman–Crippen MR) is 110 cm³/mol. The zero-order valence-corrected chi connectivity index (χ0v) is 17.4. The van der Waals surface area contributed by atoms with E-state index in [1.165, 1.54) is 4.31 Å². The summed E-state index contributed by atoms with van der Waals surface area (Å²) in [5, 5.41) is 0.414. The van der Waals surface area contributed by atoms with Crippen LogP contribution in [0.3, 0.4) is 0 Å². The Labute approximate surface area is 169 Å². The van der Waals surface area contributed by atoms with Gasteiger partial charge in [0.25, 0.3) is 5.91 Å². The number of thioether (sulfide) groups is 1. The van der Waals surface area contributed by atoms with Gasteiger partial charge in [-0.2, -0.15) is 4.31 Å². The fourth-order valence-corrected chi connectivity index (χ4v) is 5.17. The van der Waals surface area contributed by atoms with Gasteiger partial charge in [-0.25, -0.2) is 8.42 Å². The van der Waals surface area contributed by atoms with Crippen LogP contribution in [-0.2, 0) is 15.8 Å². The highest BCUT2D eigenvalue weighted by molar-refractivity contribution is 7.98. The van der Waals surface area contributed by atoms with Crippen LogP contribution in [-0.4, -0.2) is 56.0 Å². The van der Waals surface area contributed by atoms with Crippen molar-refractivity contribution >= 4 is 39.3 Å². The number of hydrogen-bond donors (Lipinski definition) is 0. The van der Waals surface area contributed by atoms with Gasteiger partial charge in [0.1, 0.15) is 0 Å². The van der Waals surface area contributed by atoms with Gasteiger partial charge in [-0.15, -0.1) is 11.8 Å². The molecule has 27 heavy (non-hydrogen) atoms. The molecule has 1 amide bonds. The normalized spacial score (nSPS) is 15.7. The molecule has 0 aliphatic carbocycles. The van der Waals surface area contributed by atoms with Crippen LogP contribution in [0, 0.1) is 0 Å². The maximum absolute atomic E-state index is 12.8. The number of sulfonamides is 1. The van der Waals surface area contributed by atoms with E-state index in [0.29, 0.717) is 36.8 Å².